The summed E-state index contributed by atoms with van der Waals surface area (Å²) in [5, 5.41) is 3.79. The third kappa shape index (κ3) is 4.31. The highest BCUT2D eigenvalue weighted by molar-refractivity contribution is 7.99. The second-order valence-electron chi connectivity index (χ2n) is 6.11. The summed E-state index contributed by atoms with van der Waals surface area (Å²) in [6, 6.07) is 9.31. The fourth-order valence-electron chi connectivity index (χ4n) is 3.04. The molecule has 0 saturated heterocycles. The van der Waals surface area contributed by atoms with Crippen LogP contribution in [-0.4, -0.2) is 11.8 Å². The molecule has 1 aromatic rings. The van der Waals surface area contributed by atoms with Crippen LogP contribution in [0.2, 0.25) is 0 Å². The molecule has 1 N–H and O–H groups in total. The summed E-state index contributed by atoms with van der Waals surface area (Å²) in [5.41, 5.74) is 1.30. The molecule has 2 atom stereocenters. The van der Waals surface area contributed by atoms with Gasteiger partial charge in [0.25, 0.3) is 0 Å². The summed E-state index contributed by atoms with van der Waals surface area (Å²) in [5.74, 6) is 2.66. The summed E-state index contributed by atoms with van der Waals surface area (Å²) >= 11 is 1.86. The van der Waals surface area contributed by atoms with Crippen LogP contribution in [0.4, 0.5) is 5.69 Å². The molecule has 0 radical (unpaired) electrons. The van der Waals surface area contributed by atoms with Crippen molar-refractivity contribution >= 4 is 17.4 Å². The van der Waals surface area contributed by atoms with Crippen molar-refractivity contribution < 1.29 is 0 Å². The van der Waals surface area contributed by atoms with Gasteiger partial charge >= 0.3 is 0 Å². The maximum absolute atomic E-state index is 3.81. The molecule has 1 saturated carbocycles. The molecular formula is C18H27NS. The Morgan fingerprint density at radius 3 is 2.90 bits per heavy atom. The number of hydrogen-bond acceptors (Lipinski definition) is 2. The SMILES string of the molecule is C=CCSc1ccccc1NC1CCCC(C(C)C)C1. The van der Waals surface area contributed by atoms with Gasteiger partial charge in [0.05, 0.1) is 0 Å². The van der Waals surface area contributed by atoms with Crippen molar-refractivity contribution in [3.63, 3.8) is 0 Å². The molecule has 0 aromatic heterocycles. The van der Waals surface area contributed by atoms with Crippen LogP contribution in [0.5, 0.6) is 0 Å². The van der Waals surface area contributed by atoms with E-state index in [0.717, 1.165) is 17.6 Å². The zero-order valence-corrected chi connectivity index (χ0v) is 13.6. The minimum Gasteiger partial charge on any atom is -0.381 e. The number of benzene rings is 1. The van der Waals surface area contributed by atoms with Crippen molar-refractivity contribution in [1.82, 2.24) is 0 Å². The number of rotatable bonds is 6. The van der Waals surface area contributed by atoms with E-state index in [1.54, 1.807) is 0 Å². The maximum atomic E-state index is 3.81. The number of nitrogens with one attached hydrogen (secondary N) is 1. The van der Waals surface area contributed by atoms with Crippen LogP contribution in [-0.2, 0) is 0 Å². The van der Waals surface area contributed by atoms with Crippen LogP contribution in [0.1, 0.15) is 39.5 Å². The highest BCUT2D eigenvalue weighted by Crippen LogP contribution is 2.34. The van der Waals surface area contributed by atoms with Crippen LogP contribution >= 0.6 is 11.8 Å². The topological polar surface area (TPSA) is 12.0 Å². The smallest absolute Gasteiger partial charge is 0.0480 e. The van der Waals surface area contributed by atoms with Gasteiger partial charge in [-0.05, 0) is 36.8 Å². The van der Waals surface area contributed by atoms with Crippen molar-refractivity contribution in [2.75, 3.05) is 11.1 Å². The molecule has 2 unspecified atom stereocenters. The number of anilines is 1. The predicted molar refractivity (Wildman–Crippen MR) is 91.6 cm³/mol. The molecule has 0 amide bonds. The Kier molecular flexibility index (Phi) is 6.03. The van der Waals surface area contributed by atoms with Crippen LogP contribution in [0.15, 0.2) is 41.8 Å². The van der Waals surface area contributed by atoms with Crippen molar-refractivity contribution in [3.05, 3.63) is 36.9 Å². The molecule has 1 aliphatic rings. The largest absolute Gasteiger partial charge is 0.381 e. The Morgan fingerprint density at radius 2 is 2.15 bits per heavy atom. The molecule has 2 heteroatoms. The Labute approximate surface area is 128 Å². The van der Waals surface area contributed by atoms with Crippen LogP contribution < -0.4 is 5.32 Å². The summed E-state index contributed by atoms with van der Waals surface area (Å²) in [6.07, 6.45) is 7.36. The lowest BCUT2D eigenvalue weighted by Crippen LogP contribution is -2.29. The molecule has 2 rings (SSSR count). The number of hydrogen-bond donors (Lipinski definition) is 1. The van der Waals surface area contributed by atoms with Gasteiger partial charge in [-0.15, -0.1) is 18.3 Å². The molecule has 1 fully saturated rings. The number of thioether (sulfide) groups is 1. The van der Waals surface area contributed by atoms with E-state index in [9.17, 15) is 0 Å². The van der Waals surface area contributed by atoms with E-state index in [1.165, 1.54) is 36.3 Å². The monoisotopic (exact) mass is 289 g/mol. The maximum Gasteiger partial charge on any atom is 0.0480 e. The normalized spacial score (nSPS) is 22.8. The molecule has 1 nitrogen and oxygen atoms in total. The fourth-order valence-corrected chi connectivity index (χ4v) is 3.80. The molecule has 0 bridgehead atoms. The van der Waals surface area contributed by atoms with Gasteiger partial charge in [0, 0.05) is 22.4 Å². The van der Waals surface area contributed by atoms with Crippen molar-refractivity contribution in [2.45, 2.75) is 50.5 Å². The van der Waals surface area contributed by atoms with Gasteiger partial charge in [-0.3, -0.25) is 0 Å². The highest BCUT2D eigenvalue weighted by atomic mass is 32.2. The van der Waals surface area contributed by atoms with Gasteiger partial charge in [-0.1, -0.05) is 44.9 Å². The Hall–Kier alpha value is -0.890. The second kappa shape index (κ2) is 7.78. The third-order valence-electron chi connectivity index (χ3n) is 4.26. The Bertz CT molecular complexity index is 427. The summed E-state index contributed by atoms with van der Waals surface area (Å²) in [7, 11) is 0. The first-order chi connectivity index (χ1) is 9.70. The van der Waals surface area contributed by atoms with Crippen molar-refractivity contribution in [3.8, 4) is 0 Å². The second-order valence-corrected chi connectivity index (χ2v) is 7.17. The van der Waals surface area contributed by atoms with Gasteiger partial charge in [0.1, 0.15) is 0 Å². The van der Waals surface area contributed by atoms with E-state index in [-0.39, 0.29) is 0 Å². The van der Waals surface area contributed by atoms with Gasteiger partial charge in [-0.2, -0.15) is 0 Å². The van der Waals surface area contributed by atoms with E-state index in [1.807, 2.05) is 17.8 Å². The zero-order chi connectivity index (χ0) is 14.4. The molecule has 110 valence electrons. The fraction of sp³-hybridized carbons (Fsp3) is 0.556. The quantitative estimate of drug-likeness (QED) is 0.541. The van der Waals surface area contributed by atoms with Crippen LogP contribution in [0.25, 0.3) is 0 Å². The molecule has 0 aliphatic heterocycles. The van der Waals surface area contributed by atoms with Crippen LogP contribution in [0.3, 0.4) is 0 Å². The van der Waals surface area contributed by atoms with E-state index >= 15 is 0 Å². The lowest BCUT2D eigenvalue weighted by atomic mass is 9.79. The molecule has 1 aromatic carbocycles. The van der Waals surface area contributed by atoms with E-state index < -0.39 is 0 Å². The molecule has 20 heavy (non-hydrogen) atoms. The Morgan fingerprint density at radius 1 is 1.35 bits per heavy atom. The third-order valence-corrected chi connectivity index (χ3v) is 5.33. The first kappa shape index (κ1) is 15.5. The average molecular weight is 289 g/mol. The van der Waals surface area contributed by atoms with E-state index in [2.05, 4.69) is 50.0 Å². The average Bonchev–Trinajstić information content (AvgIpc) is 2.46. The van der Waals surface area contributed by atoms with Gasteiger partial charge in [-0.25, -0.2) is 0 Å². The Balaban J connectivity index is 2.00. The first-order valence-electron chi connectivity index (χ1n) is 7.80. The zero-order valence-electron chi connectivity index (χ0n) is 12.8. The van der Waals surface area contributed by atoms with E-state index in [4.69, 9.17) is 0 Å². The van der Waals surface area contributed by atoms with E-state index in [0.29, 0.717) is 6.04 Å². The lowest BCUT2D eigenvalue weighted by Gasteiger charge is -2.33. The summed E-state index contributed by atoms with van der Waals surface area (Å²) in [4.78, 5) is 1.35. The molecule has 0 heterocycles. The summed E-state index contributed by atoms with van der Waals surface area (Å²) < 4.78 is 0. The first-order valence-corrected chi connectivity index (χ1v) is 8.78. The van der Waals surface area contributed by atoms with Gasteiger partial charge < -0.3 is 5.32 Å². The molecular weight excluding hydrogens is 262 g/mol. The van der Waals surface area contributed by atoms with Crippen molar-refractivity contribution in [2.24, 2.45) is 11.8 Å². The molecule has 0 spiro atoms. The lowest BCUT2D eigenvalue weighted by molar-refractivity contribution is 0.264. The molecule has 1 aliphatic carbocycles. The van der Waals surface area contributed by atoms with Gasteiger partial charge in [0.2, 0.25) is 0 Å². The van der Waals surface area contributed by atoms with Crippen LogP contribution in [0, 0.1) is 11.8 Å². The van der Waals surface area contributed by atoms with Gasteiger partial charge in [0.15, 0.2) is 0 Å². The summed E-state index contributed by atoms with van der Waals surface area (Å²) in [6.45, 7) is 8.53. The standard InChI is InChI=1S/C18H27NS/c1-4-12-20-18-11-6-5-10-17(18)19-16-9-7-8-15(13-16)14(2)3/h4-6,10-11,14-16,19H,1,7-9,12-13H2,2-3H3. The van der Waals surface area contributed by atoms with Crippen molar-refractivity contribution in [1.29, 1.82) is 0 Å². The number of para-hydroxylation sites is 1. The highest BCUT2D eigenvalue weighted by Gasteiger charge is 2.24. The predicted octanol–water partition coefficient (Wildman–Crippen LogP) is 5.59. The minimum absolute atomic E-state index is 0.640. The minimum atomic E-state index is 0.640.